The van der Waals surface area contributed by atoms with Crippen LogP contribution in [0.1, 0.15) is 32.3 Å². The van der Waals surface area contributed by atoms with Gasteiger partial charge in [0.2, 0.25) is 0 Å². The second kappa shape index (κ2) is 5.34. The van der Waals surface area contributed by atoms with Gasteiger partial charge in [0.15, 0.2) is 11.5 Å². The van der Waals surface area contributed by atoms with E-state index in [1.54, 1.807) is 7.11 Å². The van der Waals surface area contributed by atoms with Gasteiger partial charge in [0, 0.05) is 6.92 Å². The molecule has 0 aliphatic heterocycles. The first-order chi connectivity index (χ1) is 7.45. The van der Waals surface area contributed by atoms with E-state index in [0.717, 1.165) is 10.0 Å². The van der Waals surface area contributed by atoms with Crippen LogP contribution in [0.5, 0.6) is 11.5 Å². The van der Waals surface area contributed by atoms with Gasteiger partial charge in [-0.2, -0.15) is 0 Å². The third kappa shape index (κ3) is 2.98. The van der Waals surface area contributed by atoms with Crippen LogP contribution in [-0.2, 0) is 4.79 Å². The van der Waals surface area contributed by atoms with Gasteiger partial charge in [-0.05, 0) is 39.5 Å². The molecule has 0 aliphatic carbocycles. The lowest BCUT2D eigenvalue weighted by Gasteiger charge is -2.13. The summed E-state index contributed by atoms with van der Waals surface area (Å²) in [5.41, 5.74) is 1.12. The number of rotatable bonds is 3. The lowest BCUT2D eigenvalue weighted by molar-refractivity contribution is -0.132. The zero-order chi connectivity index (χ0) is 12.3. The Morgan fingerprint density at radius 3 is 2.44 bits per heavy atom. The average Bonchev–Trinajstić information content (AvgIpc) is 2.19. The number of hydrogen-bond acceptors (Lipinski definition) is 3. The van der Waals surface area contributed by atoms with E-state index in [9.17, 15) is 4.79 Å². The van der Waals surface area contributed by atoms with Gasteiger partial charge in [0.1, 0.15) is 0 Å². The largest absolute Gasteiger partial charge is 0.493 e. The van der Waals surface area contributed by atoms with E-state index in [2.05, 4.69) is 29.8 Å². The maximum atomic E-state index is 11.0. The van der Waals surface area contributed by atoms with Crippen LogP contribution in [-0.4, -0.2) is 13.1 Å². The van der Waals surface area contributed by atoms with Crippen LogP contribution in [0.2, 0.25) is 0 Å². The highest BCUT2D eigenvalue weighted by Gasteiger charge is 2.14. The predicted molar refractivity (Wildman–Crippen MR) is 66.1 cm³/mol. The monoisotopic (exact) mass is 286 g/mol. The maximum absolute atomic E-state index is 11.0. The summed E-state index contributed by atoms with van der Waals surface area (Å²) in [6.45, 7) is 5.54. The molecule has 0 unspecified atom stereocenters. The molecule has 88 valence electrons. The predicted octanol–water partition coefficient (Wildman–Crippen LogP) is 3.51. The Morgan fingerprint density at radius 1 is 1.38 bits per heavy atom. The standard InChI is InChI=1S/C12H15BrO3/c1-7(2)9-5-10(13)12(16-8(3)14)11(6-9)15-4/h5-7H,1-4H3. The number of hydrogen-bond donors (Lipinski definition) is 0. The molecular weight excluding hydrogens is 272 g/mol. The topological polar surface area (TPSA) is 35.5 Å². The van der Waals surface area contributed by atoms with Crippen molar-refractivity contribution in [2.24, 2.45) is 0 Å². The fourth-order valence-corrected chi connectivity index (χ4v) is 1.86. The van der Waals surface area contributed by atoms with Gasteiger partial charge in [-0.25, -0.2) is 0 Å². The highest BCUT2D eigenvalue weighted by Crippen LogP contribution is 2.38. The van der Waals surface area contributed by atoms with E-state index >= 15 is 0 Å². The summed E-state index contributed by atoms with van der Waals surface area (Å²) in [6.07, 6.45) is 0. The lowest BCUT2D eigenvalue weighted by atomic mass is 10.0. The van der Waals surface area contributed by atoms with Gasteiger partial charge >= 0.3 is 5.97 Å². The molecule has 0 N–H and O–H groups in total. The molecule has 0 spiro atoms. The molecule has 1 aromatic carbocycles. The molecule has 4 heteroatoms. The fourth-order valence-electron chi connectivity index (χ4n) is 1.32. The van der Waals surface area contributed by atoms with E-state index in [1.807, 2.05) is 12.1 Å². The molecule has 0 amide bonds. The van der Waals surface area contributed by atoms with Crippen molar-refractivity contribution >= 4 is 21.9 Å². The Kier molecular flexibility index (Phi) is 4.35. The highest BCUT2D eigenvalue weighted by molar-refractivity contribution is 9.10. The minimum atomic E-state index is -0.365. The highest BCUT2D eigenvalue weighted by atomic mass is 79.9. The zero-order valence-corrected chi connectivity index (χ0v) is 11.4. The molecule has 0 aromatic heterocycles. The van der Waals surface area contributed by atoms with Gasteiger partial charge in [-0.15, -0.1) is 0 Å². The van der Waals surface area contributed by atoms with Gasteiger partial charge in [0.25, 0.3) is 0 Å². The van der Waals surface area contributed by atoms with Crippen molar-refractivity contribution in [3.05, 3.63) is 22.2 Å². The molecular formula is C12H15BrO3. The average molecular weight is 287 g/mol. The molecule has 0 aliphatic rings. The summed E-state index contributed by atoms with van der Waals surface area (Å²) in [7, 11) is 1.55. The number of carbonyl (C=O) groups excluding carboxylic acids is 1. The van der Waals surface area contributed by atoms with E-state index in [1.165, 1.54) is 6.92 Å². The van der Waals surface area contributed by atoms with Gasteiger partial charge in [-0.1, -0.05) is 13.8 Å². The van der Waals surface area contributed by atoms with Crippen LogP contribution in [0.4, 0.5) is 0 Å². The van der Waals surface area contributed by atoms with Gasteiger partial charge in [-0.3, -0.25) is 4.79 Å². The van der Waals surface area contributed by atoms with E-state index in [-0.39, 0.29) is 5.97 Å². The fraction of sp³-hybridized carbons (Fsp3) is 0.417. The first-order valence-corrected chi connectivity index (χ1v) is 5.80. The number of benzene rings is 1. The van der Waals surface area contributed by atoms with Crippen LogP contribution < -0.4 is 9.47 Å². The third-order valence-corrected chi connectivity index (χ3v) is 2.75. The quantitative estimate of drug-likeness (QED) is 0.630. The van der Waals surface area contributed by atoms with Crippen LogP contribution in [0.15, 0.2) is 16.6 Å². The molecule has 0 saturated heterocycles. The minimum Gasteiger partial charge on any atom is -0.493 e. The summed E-state index contributed by atoms with van der Waals surface area (Å²) < 4.78 is 11.0. The molecule has 0 radical (unpaired) electrons. The van der Waals surface area contributed by atoms with Crippen molar-refractivity contribution in [2.75, 3.05) is 7.11 Å². The Labute approximate surface area is 104 Å². The van der Waals surface area contributed by atoms with Crippen LogP contribution >= 0.6 is 15.9 Å². The van der Waals surface area contributed by atoms with E-state index in [0.29, 0.717) is 17.4 Å². The van der Waals surface area contributed by atoms with Crippen molar-refractivity contribution in [2.45, 2.75) is 26.7 Å². The molecule has 1 rings (SSSR count). The summed E-state index contributed by atoms with van der Waals surface area (Å²) >= 11 is 3.38. The van der Waals surface area contributed by atoms with E-state index < -0.39 is 0 Å². The normalized spacial score (nSPS) is 10.4. The van der Waals surface area contributed by atoms with Crippen molar-refractivity contribution in [3.63, 3.8) is 0 Å². The maximum Gasteiger partial charge on any atom is 0.308 e. The minimum absolute atomic E-state index is 0.365. The van der Waals surface area contributed by atoms with Crippen molar-refractivity contribution < 1.29 is 14.3 Å². The SMILES string of the molecule is COc1cc(C(C)C)cc(Br)c1OC(C)=O. The summed E-state index contributed by atoms with van der Waals surface area (Å²) in [5.74, 6) is 1.01. The Morgan fingerprint density at radius 2 is 2.00 bits per heavy atom. The molecule has 1 aromatic rings. The second-order valence-corrected chi connectivity index (χ2v) is 4.64. The first kappa shape index (κ1) is 13.0. The summed E-state index contributed by atoms with van der Waals surface area (Å²) in [6, 6.07) is 3.82. The number of methoxy groups -OCH3 is 1. The third-order valence-electron chi connectivity index (χ3n) is 2.16. The number of carbonyl (C=O) groups is 1. The Hall–Kier alpha value is -1.03. The second-order valence-electron chi connectivity index (χ2n) is 3.78. The molecule has 0 fully saturated rings. The van der Waals surface area contributed by atoms with Crippen molar-refractivity contribution in [1.82, 2.24) is 0 Å². The number of esters is 1. The zero-order valence-electron chi connectivity index (χ0n) is 9.83. The first-order valence-electron chi connectivity index (χ1n) is 5.01. The Balaban J connectivity index is 3.22. The van der Waals surface area contributed by atoms with E-state index in [4.69, 9.17) is 9.47 Å². The Bertz CT molecular complexity index is 399. The molecule has 0 saturated carbocycles. The smallest absolute Gasteiger partial charge is 0.308 e. The van der Waals surface area contributed by atoms with Crippen molar-refractivity contribution in [3.8, 4) is 11.5 Å². The lowest BCUT2D eigenvalue weighted by Crippen LogP contribution is -2.04. The molecule has 3 nitrogen and oxygen atoms in total. The van der Waals surface area contributed by atoms with Crippen LogP contribution in [0, 0.1) is 0 Å². The molecule has 0 heterocycles. The summed E-state index contributed by atoms with van der Waals surface area (Å²) in [5, 5.41) is 0. The van der Waals surface area contributed by atoms with Gasteiger partial charge in [0.05, 0.1) is 11.6 Å². The number of ether oxygens (including phenoxy) is 2. The van der Waals surface area contributed by atoms with Gasteiger partial charge < -0.3 is 9.47 Å². The molecule has 0 bridgehead atoms. The number of halogens is 1. The van der Waals surface area contributed by atoms with Crippen molar-refractivity contribution in [1.29, 1.82) is 0 Å². The van der Waals surface area contributed by atoms with Crippen LogP contribution in [0.3, 0.4) is 0 Å². The molecule has 16 heavy (non-hydrogen) atoms. The summed E-state index contributed by atoms with van der Waals surface area (Å²) in [4.78, 5) is 11.0. The van der Waals surface area contributed by atoms with Crippen LogP contribution in [0.25, 0.3) is 0 Å². The molecule has 0 atom stereocenters.